The number of hydrogen-bond donors (Lipinski definition) is 0. The Bertz CT molecular complexity index is 1830. The molecule has 0 unspecified atom stereocenters. The lowest BCUT2D eigenvalue weighted by Crippen LogP contribution is -2.62. The number of hydrogen-bond acceptors (Lipinski definition) is 0. The highest BCUT2D eigenvalue weighted by Gasteiger charge is 2.53. The number of imidazole rings is 1. The molecule has 5 rings (SSSR count). The standard InChI is InChI=1S/C44H61N2/c1-17-32-35-21-30(24-42(11,12)29(9)10)19-20-37(35)46-38(25-45-41(46)40(32)36(18-2)43(13,14)44(45,15)16)39-33(27(5)6)22-31(26(3)4)23-34(39)28(7)8/h17-23,25-29H,1,24H2,2-16H3/q+1/b36-18+. The first-order chi connectivity index (χ1) is 21.3. The summed E-state index contributed by atoms with van der Waals surface area (Å²) >= 11 is 0. The molecule has 3 heterocycles. The van der Waals surface area contributed by atoms with Crippen LogP contribution in [0.4, 0.5) is 0 Å². The van der Waals surface area contributed by atoms with Crippen LogP contribution in [0.1, 0.15) is 155 Å². The first kappa shape index (κ1) is 34.2. The second-order valence-electron chi connectivity index (χ2n) is 17.1. The highest BCUT2D eigenvalue weighted by atomic mass is 15.2. The number of allylic oxidation sites excluding steroid dienone is 2. The van der Waals surface area contributed by atoms with E-state index in [0.717, 1.165) is 6.42 Å². The molecule has 246 valence electrons. The van der Waals surface area contributed by atoms with Crippen molar-refractivity contribution in [1.29, 1.82) is 0 Å². The molecule has 2 heteroatoms. The zero-order valence-electron chi connectivity index (χ0n) is 31.7. The Morgan fingerprint density at radius 3 is 1.91 bits per heavy atom. The molecule has 0 N–H and O–H groups in total. The van der Waals surface area contributed by atoms with Crippen LogP contribution < -0.4 is 4.57 Å². The van der Waals surface area contributed by atoms with Crippen LogP contribution in [0.25, 0.3) is 39.5 Å². The molecule has 0 aliphatic carbocycles. The van der Waals surface area contributed by atoms with Gasteiger partial charge in [0.2, 0.25) is 0 Å². The van der Waals surface area contributed by atoms with Crippen molar-refractivity contribution in [2.75, 3.05) is 0 Å². The molecule has 2 aromatic heterocycles. The largest absolute Gasteiger partial charge is 0.296 e. The molecule has 4 aromatic rings. The summed E-state index contributed by atoms with van der Waals surface area (Å²) in [6, 6.07) is 12.3. The van der Waals surface area contributed by atoms with Crippen LogP contribution in [0.5, 0.6) is 0 Å². The Morgan fingerprint density at radius 2 is 1.43 bits per heavy atom. The Kier molecular flexibility index (Phi) is 8.58. The van der Waals surface area contributed by atoms with Crippen molar-refractivity contribution in [3.63, 3.8) is 0 Å². The van der Waals surface area contributed by atoms with Crippen LogP contribution in [0.15, 0.2) is 49.2 Å². The van der Waals surface area contributed by atoms with Gasteiger partial charge < -0.3 is 0 Å². The first-order valence-corrected chi connectivity index (χ1v) is 17.9. The lowest BCUT2D eigenvalue weighted by Gasteiger charge is -2.44. The molecular formula is C44H61N2+. The topological polar surface area (TPSA) is 8.29 Å². The van der Waals surface area contributed by atoms with E-state index >= 15 is 0 Å². The van der Waals surface area contributed by atoms with Crippen LogP contribution >= 0.6 is 0 Å². The second-order valence-corrected chi connectivity index (χ2v) is 17.1. The Labute approximate surface area is 280 Å². The number of benzene rings is 2. The summed E-state index contributed by atoms with van der Waals surface area (Å²) in [7, 11) is 0. The van der Waals surface area contributed by atoms with Gasteiger partial charge in [-0.2, -0.15) is 4.40 Å². The van der Waals surface area contributed by atoms with Crippen molar-refractivity contribution in [2.45, 2.75) is 134 Å². The fourth-order valence-electron chi connectivity index (χ4n) is 7.81. The highest BCUT2D eigenvalue weighted by molar-refractivity contribution is 6.00. The molecule has 0 fully saturated rings. The predicted octanol–water partition coefficient (Wildman–Crippen LogP) is 12.5. The zero-order valence-corrected chi connectivity index (χ0v) is 31.7. The summed E-state index contributed by atoms with van der Waals surface area (Å²) in [4.78, 5) is 0. The minimum atomic E-state index is -0.160. The minimum absolute atomic E-state index is 0.107. The number of pyridine rings is 1. The fraction of sp³-hybridized carbons (Fsp3) is 0.523. The van der Waals surface area contributed by atoms with Crippen molar-refractivity contribution in [1.82, 2.24) is 4.40 Å². The number of nitrogens with zero attached hydrogens (tertiary/aromatic N) is 2. The second kappa shape index (κ2) is 11.5. The maximum Gasteiger partial charge on any atom is 0.296 e. The SMILES string of the molecule is C=Cc1c2c3n(c(-c4c(C(C)C)cc(C(C)C)cc4C(C)C)c[n+]3C(C)(C)C(C)(C)/C2=C/C)c2ccc(CC(C)(C)C(C)C)cc12. The normalized spacial score (nSPS) is 17.1. The number of aromatic nitrogens is 2. The van der Waals surface area contributed by atoms with E-state index in [0.29, 0.717) is 23.7 Å². The van der Waals surface area contributed by atoms with E-state index in [1.165, 1.54) is 66.8 Å². The van der Waals surface area contributed by atoms with Gasteiger partial charge in [-0.25, -0.2) is 4.57 Å². The third kappa shape index (κ3) is 5.01. The van der Waals surface area contributed by atoms with Crippen LogP contribution in [0.2, 0.25) is 0 Å². The summed E-state index contributed by atoms with van der Waals surface area (Å²) in [5.74, 6) is 1.87. The van der Waals surface area contributed by atoms with E-state index in [1.807, 2.05) is 0 Å². The van der Waals surface area contributed by atoms with Crippen molar-refractivity contribution in [3.05, 3.63) is 82.6 Å². The monoisotopic (exact) mass is 617 g/mol. The van der Waals surface area contributed by atoms with Gasteiger partial charge in [-0.1, -0.05) is 120 Å². The molecule has 46 heavy (non-hydrogen) atoms. The fourth-order valence-corrected chi connectivity index (χ4v) is 7.81. The van der Waals surface area contributed by atoms with Crippen molar-refractivity contribution >= 4 is 28.2 Å². The van der Waals surface area contributed by atoms with Crippen molar-refractivity contribution in [3.8, 4) is 11.3 Å². The number of fused-ring (bicyclic) bond motifs is 2. The quantitative estimate of drug-likeness (QED) is 0.174. The first-order valence-electron chi connectivity index (χ1n) is 17.9. The molecule has 0 radical (unpaired) electrons. The van der Waals surface area contributed by atoms with Gasteiger partial charge in [0.05, 0.1) is 5.56 Å². The highest BCUT2D eigenvalue weighted by Crippen LogP contribution is 2.53. The van der Waals surface area contributed by atoms with E-state index in [9.17, 15) is 0 Å². The van der Waals surface area contributed by atoms with Crippen LogP contribution in [-0.4, -0.2) is 4.40 Å². The third-order valence-electron chi connectivity index (χ3n) is 12.2. The summed E-state index contributed by atoms with van der Waals surface area (Å²) < 4.78 is 5.23. The Balaban J connectivity index is 2.06. The van der Waals surface area contributed by atoms with Crippen molar-refractivity contribution < 1.29 is 4.57 Å². The van der Waals surface area contributed by atoms with Crippen molar-refractivity contribution in [2.24, 2.45) is 16.7 Å². The van der Waals surface area contributed by atoms with Gasteiger partial charge in [-0.3, -0.25) is 0 Å². The molecule has 0 bridgehead atoms. The molecule has 0 saturated heterocycles. The summed E-state index contributed by atoms with van der Waals surface area (Å²) in [6.45, 7) is 40.0. The van der Waals surface area contributed by atoms with Crippen LogP contribution in [-0.2, 0) is 12.0 Å². The van der Waals surface area contributed by atoms with Gasteiger partial charge >= 0.3 is 0 Å². The molecule has 0 amide bonds. The third-order valence-corrected chi connectivity index (χ3v) is 12.2. The van der Waals surface area contributed by atoms with Gasteiger partial charge in [-0.05, 0) is 96.2 Å². The lowest BCUT2D eigenvalue weighted by molar-refractivity contribution is -0.748. The van der Waals surface area contributed by atoms with Gasteiger partial charge in [0, 0.05) is 21.9 Å². The maximum atomic E-state index is 4.46. The summed E-state index contributed by atoms with van der Waals surface area (Å²) in [6.07, 6.45) is 8.04. The molecule has 0 saturated carbocycles. The number of rotatable bonds is 8. The summed E-state index contributed by atoms with van der Waals surface area (Å²) in [5.41, 5.74) is 14.9. The van der Waals surface area contributed by atoms with E-state index in [-0.39, 0.29) is 16.4 Å². The van der Waals surface area contributed by atoms with E-state index in [2.05, 4.69) is 168 Å². The average molecular weight is 618 g/mol. The lowest BCUT2D eigenvalue weighted by atomic mass is 9.64. The van der Waals surface area contributed by atoms with Gasteiger partial charge in [-0.15, -0.1) is 0 Å². The summed E-state index contributed by atoms with van der Waals surface area (Å²) in [5, 5.41) is 1.30. The molecule has 2 aromatic carbocycles. The minimum Gasteiger partial charge on any atom is -0.223 e. The molecule has 0 spiro atoms. The van der Waals surface area contributed by atoms with Gasteiger partial charge in [0.15, 0.2) is 5.69 Å². The molecular weight excluding hydrogens is 556 g/mol. The van der Waals surface area contributed by atoms with E-state index < -0.39 is 0 Å². The maximum absolute atomic E-state index is 4.46. The molecule has 0 atom stereocenters. The van der Waals surface area contributed by atoms with E-state index in [1.54, 1.807) is 0 Å². The Morgan fingerprint density at radius 1 is 0.848 bits per heavy atom. The van der Waals surface area contributed by atoms with E-state index in [4.69, 9.17) is 0 Å². The van der Waals surface area contributed by atoms with Gasteiger partial charge in [0.1, 0.15) is 17.3 Å². The molecule has 1 aliphatic heterocycles. The smallest absolute Gasteiger partial charge is 0.223 e. The predicted molar refractivity (Wildman–Crippen MR) is 202 cm³/mol. The van der Waals surface area contributed by atoms with Crippen LogP contribution in [0.3, 0.4) is 0 Å². The molecule has 2 nitrogen and oxygen atoms in total. The zero-order chi connectivity index (χ0) is 34.3. The average Bonchev–Trinajstić information content (AvgIpc) is 3.36. The van der Waals surface area contributed by atoms with Gasteiger partial charge in [0.25, 0.3) is 5.65 Å². The molecule has 1 aliphatic rings. The van der Waals surface area contributed by atoms with Crippen LogP contribution in [0, 0.1) is 16.7 Å². The Hall–Kier alpha value is -3.13.